The summed E-state index contributed by atoms with van der Waals surface area (Å²) in [5.41, 5.74) is 0. The van der Waals surface area contributed by atoms with Crippen LogP contribution >= 0.6 is 0 Å². The van der Waals surface area contributed by atoms with Crippen LogP contribution in [0.3, 0.4) is 0 Å². The van der Waals surface area contributed by atoms with Crippen LogP contribution in [0.2, 0.25) is 0 Å². The van der Waals surface area contributed by atoms with Crippen molar-refractivity contribution in [3.63, 3.8) is 0 Å². The van der Waals surface area contributed by atoms with E-state index in [-0.39, 0.29) is 12.5 Å². The molecule has 24 heavy (non-hydrogen) atoms. The number of ether oxygens (including phenoxy) is 1. The van der Waals surface area contributed by atoms with E-state index in [4.69, 9.17) is 4.74 Å². The molecule has 0 bridgehead atoms. The van der Waals surface area contributed by atoms with Crippen molar-refractivity contribution >= 4 is 11.9 Å². The molecule has 1 aliphatic rings. The number of likely N-dealkylation sites (N-methyl/N-ethyl adjacent to an activating group) is 1. The predicted molar refractivity (Wildman–Crippen MR) is 99.3 cm³/mol. The van der Waals surface area contributed by atoms with Gasteiger partial charge in [-0.1, -0.05) is 19.8 Å². The Morgan fingerprint density at radius 1 is 1.25 bits per heavy atom. The van der Waals surface area contributed by atoms with Crippen molar-refractivity contribution < 1.29 is 9.53 Å². The highest BCUT2D eigenvalue weighted by atomic mass is 16.5. The lowest BCUT2D eigenvalue weighted by molar-refractivity contribution is -0.127. The molecule has 1 amide bonds. The van der Waals surface area contributed by atoms with Crippen LogP contribution in [0.25, 0.3) is 0 Å². The third kappa shape index (κ3) is 8.52. The van der Waals surface area contributed by atoms with Crippen LogP contribution in [0, 0.1) is 5.92 Å². The summed E-state index contributed by atoms with van der Waals surface area (Å²) in [6, 6.07) is 0.447. The summed E-state index contributed by atoms with van der Waals surface area (Å²) in [5.74, 6) is 1.43. The molecule has 1 aliphatic carbocycles. The van der Waals surface area contributed by atoms with Crippen LogP contribution in [0.15, 0.2) is 4.99 Å². The van der Waals surface area contributed by atoms with Gasteiger partial charge in [0.2, 0.25) is 5.91 Å². The van der Waals surface area contributed by atoms with Crippen LogP contribution in [-0.2, 0) is 9.53 Å². The van der Waals surface area contributed by atoms with Crippen LogP contribution in [0.4, 0.5) is 0 Å². The molecule has 0 heterocycles. The summed E-state index contributed by atoms with van der Waals surface area (Å²) in [6.07, 6.45) is 7.08. The molecule has 2 atom stereocenters. The Morgan fingerprint density at radius 2 is 2.00 bits per heavy atom. The standard InChI is InChI=1S/C18H36N4O2/c1-5-24-13-9-8-12-19-18(20-14-17(23)22(3)4)21-16-11-7-6-10-15(16)2/h15-16H,5-14H2,1-4H3,(H2,19,20,21). The van der Waals surface area contributed by atoms with Gasteiger partial charge in [-0.15, -0.1) is 0 Å². The zero-order valence-electron chi connectivity index (χ0n) is 15.9. The Bertz CT molecular complexity index is 385. The summed E-state index contributed by atoms with van der Waals surface area (Å²) in [4.78, 5) is 17.9. The maximum Gasteiger partial charge on any atom is 0.243 e. The van der Waals surface area contributed by atoms with Crippen LogP contribution in [-0.4, -0.2) is 63.2 Å². The van der Waals surface area contributed by atoms with Crippen LogP contribution in [0.1, 0.15) is 52.4 Å². The summed E-state index contributed by atoms with van der Waals surface area (Å²) >= 11 is 0. The minimum atomic E-state index is 0.0177. The maximum absolute atomic E-state index is 11.8. The molecule has 6 nitrogen and oxygen atoms in total. The van der Waals surface area contributed by atoms with Crippen molar-refractivity contribution in [1.82, 2.24) is 15.5 Å². The smallest absolute Gasteiger partial charge is 0.243 e. The number of nitrogens with zero attached hydrogens (tertiary/aromatic N) is 2. The SMILES string of the molecule is CCOCCCCNC(=NCC(=O)N(C)C)NC1CCCCC1C. The van der Waals surface area contributed by atoms with E-state index in [1.807, 2.05) is 6.92 Å². The first-order chi connectivity index (χ1) is 11.5. The van der Waals surface area contributed by atoms with Gasteiger partial charge in [-0.2, -0.15) is 0 Å². The Labute approximate surface area is 147 Å². The number of hydrogen-bond acceptors (Lipinski definition) is 3. The van der Waals surface area contributed by atoms with Gasteiger partial charge in [0.25, 0.3) is 0 Å². The van der Waals surface area contributed by atoms with Crippen molar-refractivity contribution in [3.05, 3.63) is 0 Å². The highest BCUT2D eigenvalue weighted by molar-refractivity contribution is 5.84. The molecule has 0 spiro atoms. The van der Waals surface area contributed by atoms with E-state index in [9.17, 15) is 4.79 Å². The lowest BCUT2D eigenvalue weighted by Gasteiger charge is -2.31. The molecular weight excluding hydrogens is 304 g/mol. The van der Waals surface area contributed by atoms with E-state index in [1.54, 1.807) is 19.0 Å². The molecule has 6 heteroatoms. The normalized spacial score (nSPS) is 21.4. The van der Waals surface area contributed by atoms with Gasteiger partial charge in [-0.05, 0) is 38.5 Å². The van der Waals surface area contributed by atoms with Crippen LogP contribution in [0.5, 0.6) is 0 Å². The van der Waals surface area contributed by atoms with Crippen molar-refractivity contribution in [2.24, 2.45) is 10.9 Å². The van der Waals surface area contributed by atoms with Crippen molar-refractivity contribution in [2.75, 3.05) is 40.4 Å². The largest absolute Gasteiger partial charge is 0.382 e. The molecule has 2 N–H and O–H groups in total. The number of hydrogen-bond donors (Lipinski definition) is 2. The Kier molecular flexibility index (Phi) is 10.5. The third-order valence-electron chi connectivity index (χ3n) is 4.52. The minimum Gasteiger partial charge on any atom is -0.382 e. The van der Waals surface area contributed by atoms with Crippen molar-refractivity contribution in [2.45, 2.75) is 58.4 Å². The monoisotopic (exact) mass is 340 g/mol. The van der Waals surface area contributed by atoms with Gasteiger partial charge in [0.05, 0.1) is 0 Å². The third-order valence-corrected chi connectivity index (χ3v) is 4.52. The summed E-state index contributed by atoms with van der Waals surface area (Å²) in [5, 5.41) is 6.91. The number of carbonyl (C=O) groups is 1. The fraction of sp³-hybridized carbons (Fsp3) is 0.889. The van der Waals surface area contributed by atoms with E-state index in [0.29, 0.717) is 12.0 Å². The number of amides is 1. The fourth-order valence-corrected chi connectivity index (χ4v) is 2.83. The van der Waals surface area contributed by atoms with Crippen molar-refractivity contribution in [1.29, 1.82) is 0 Å². The van der Waals surface area contributed by atoms with E-state index >= 15 is 0 Å². The second-order valence-corrected chi connectivity index (χ2v) is 6.80. The first-order valence-electron chi connectivity index (χ1n) is 9.37. The predicted octanol–water partition coefficient (Wildman–Crippen LogP) is 2.01. The number of aliphatic imine (C=N–C) groups is 1. The van der Waals surface area contributed by atoms with Crippen molar-refractivity contribution in [3.8, 4) is 0 Å². The molecule has 0 aliphatic heterocycles. The summed E-state index contributed by atoms with van der Waals surface area (Å²) in [6.45, 7) is 6.91. The average Bonchev–Trinajstić information content (AvgIpc) is 2.56. The first-order valence-corrected chi connectivity index (χ1v) is 9.37. The zero-order valence-corrected chi connectivity index (χ0v) is 15.9. The lowest BCUT2D eigenvalue weighted by atomic mass is 9.86. The molecule has 1 rings (SSSR count). The number of guanidine groups is 1. The summed E-state index contributed by atoms with van der Waals surface area (Å²) in [7, 11) is 3.52. The molecular formula is C18H36N4O2. The van der Waals surface area contributed by atoms with Gasteiger partial charge in [0.1, 0.15) is 6.54 Å². The average molecular weight is 341 g/mol. The maximum atomic E-state index is 11.8. The van der Waals surface area contributed by atoms with Crippen LogP contribution < -0.4 is 10.6 Å². The van der Waals surface area contributed by atoms with Gasteiger partial charge < -0.3 is 20.3 Å². The van der Waals surface area contributed by atoms with Gasteiger partial charge in [0.15, 0.2) is 5.96 Å². The van der Waals surface area contributed by atoms with Gasteiger partial charge >= 0.3 is 0 Å². The van der Waals surface area contributed by atoms with E-state index in [1.165, 1.54) is 25.7 Å². The Hall–Kier alpha value is -1.30. The molecule has 1 fully saturated rings. The minimum absolute atomic E-state index is 0.0177. The van der Waals surface area contributed by atoms with Gasteiger partial charge in [-0.3, -0.25) is 4.79 Å². The second-order valence-electron chi connectivity index (χ2n) is 6.80. The van der Waals surface area contributed by atoms with E-state index in [2.05, 4.69) is 22.5 Å². The molecule has 0 aromatic rings. The van der Waals surface area contributed by atoms with Gasteiger partial charge in [0, 0.05) is 39.9 Å². The molecule has 2 unspecified atom stereocenters. The number of carbonyl (C=O) groups excluding carboxylic acids is 1. The number of unbranched alkanes of at least 4 members (excludes halogenated alkanes) is 1. The molecule has 0 radical (unpaired) electrons. The highest BCUT2D eigenvalue weighted by Gasteiger charge is 2.22. The number of rotatable bonds is 9. The molecule has 0 aromatic carbocycles. The molecule has 0 saturated heterocycles. The zero-order chi connectivity index (χ0) is 17.8. The van der Waals surface area contributed by atoms with E-state index in [0.717, 1.165) is 38.6 Å². The molecule has 140 valence electrons. The lowest BCUT2D eigenvalue weighted by Crippen LogP contribution is -2.47. The quantitative estimate of drug-likeness (QED) is 0.383. The molecule has 1 saturated carbocycles. The first kappa shape index (κ1) is 20.7. The van der Waals surface area contributed by atoms with Gasteiger partial charge in [-0.25, -0.2) is 4.99 Å². The summed E-state index contributed by atoms with van der Waals surface area (Å²) < 4.78 is 5.36. The fourth-order valence-electron chi connectivity index (χ4n) is 2.83. The Morgan fingerprint density at radius 3 is 2.67 bits per heavy atom. The number of nitrogens with one attached hydrogen (secondary N) is 2. The molecule has 0 aromatic heterocycles. The highest BCUT2D eigenvalue weighted by Crippen LogP contribution is 2.23. The topological polar surface area (TPSA) is 66.0 Å². The van der Waals surface area contributed by atoms with E-state index < -0.39 is 0 Å². The Balaban J connectivity index is 2.48. The second kappa shape index (κ2) is 12.1.